The Hall–Kier alpha value is -2.07. The van der Waals surface area contributed by atoms with Crippen LogP contribution in [0.25, 0.3) is 0 Å². The molecule has 2 aromatic rings. The summed E-state index contributed by atoms with van der Waals surface area (Å²) >= 11 is 0. The number of nitrogens with one attached hydrogen (secondary N) is 1. The number of anilines is 1. The molecule has 1 amide bonds. The molecule has 26 heavy (non-hydrogen) atoms. The summed E-state index contributed by atoms with van der Waals surface area (Å²) < 4.78 is 36.6. The highest BCUT2D eigenvalue weighted by Crippen LogP contribution is 2.29. The summed E-state index contributed by atoms with van der Waals surface area (Å²) in [5.74, 6) is 0.274. The number of furan rings is 1. The van der Waals surface area contributed by atoms with Crippen molar-refractivity contribution in [3.63, 3.8) is 0 Å². The molecule has 0 saturated heterocycles. The second-order valence-corrected chi connectivity index (χ2v) is 7.46. The molecule has 0 fully saturated rings. The highest BCUT2D eigenvalue weighted by atomic mass is 35.5. The Kier molecular flexibility index (Phi) is 7.64. The Balaban J connectivity index is 0.00000338. The van der Waals surface area contributed by atoms with Crippen LogP contribution in [0, 0.1) is 0 Å². The molecule has 3 N–H and O–H groups in total. The number of hydrogen-bond donors (Lipinski definition) is 2. The van der Waals surface area contributed by atoms with Gasteiger partial charge in [-0.3, -0.25) is 4.79 Å². The third kappa shape index (κ3) is 4.76. The first kappa shape index (κ1) is 22.0. The number of ether oxygens (including phenoxy) is 1. The monoisotopic (exact) mass is 403 g/mol. The van der Waals surface area contributed by atoms with Gasteiger partial charge in [0.1, 0.15) is 22.7 Å². The molecule has 10 heteroatoms. The lowest BCUT2D eigenvalue weighted by Crippen LogP contribution is -2.23. The molecule has 0 bridgehead atoms. The number of nitrogens with zero attached hydrogens (tertiary/aromatic N) is 1. The van der Waals surface area contributed by atoms with Crippen molar-refractivity contribution in [1.29, 1.82) is 0 Å². The van der Waals surface area contributed by atoms with Gasteiger partial charge in [-0.2, -0.15) is 0 Å². The van der Waals surface area contributed by atoms with Crippen molar-refractivity contribution in [3.8, 4) is 5.75 Å². The van der Waals surface area contributed by atoms with Crippen LogP contribution >= 0.6 is 12.4 Å². The first-order valence-electron chi connectivity index (χ1n) is 7.57. The smallest absolute Gasteiger partial charge is 0.258 e. The van der Waals surface area contributed by atoms with Crippen molar-refractivity contribution < 1.29 is 22.4 Å². The van der Waals surface area contributed by atoms with Gasteiger partial charge in [-0.15, -0.1) is 12.4 Å². The van der Waals surface area contributed by atoms with E-state index in [0.717, 1.165) is 4.31 Å². The van der Waals surface area contributed by atoms with E-state index in [2.05, 4.69) is 5.32 Å². The summed E-state index contributed by atoms with van der Waals surface area (Å²) in [4.78, 5) is 12.2. The van der Waals surface area contributed by atoms with Gasteiger partial charge in [-0.25, -0.2) is 12.7 Å². The number of carbonyl (C=O) groups is 1. The van der Waals surface area contributed by atoms with Crippen LogP contribution in [0.5, 0.6) is 5.75 Å². The summed E-state index contributed by atoms with van der Waals surface area (Å²) in [6, 6.07) is 5.97. The largest absolute Gasteiger partial charge is 0.492 e. The molecule has 1 aromatic carbocycles. The van der Waals surface area contributed by atoms with Gasteiger partial charge in [0.25, 0.3) is 5.91 Å². The van der Waals surface area contributed by atoms with E-state index >= 15 is 0 Å². The summed E-state index contributed by atoms with van der Waals surface area (Å²) in [5, 5.41) is 2.64. The fourth-order valence-electron chi connectivity index (χ4n) is 2.07. The minimum absolute atomic E-state index is 0. The van der Waals surface area contributed by atoms with Crippen LogP contribution in [0.3, 0.4) is 0 Å². The molecule has 0 spiro atoms. The maximum atomic E-state index is 12.5. The van der Waals surface area contributed by atoms with Gasteiger partial charge >= 0.3 is 0 Å². The van der Waals surface area contributed by atoms with Crippen LogP contribution in [0.15, 0.2) is 39.8 Å². The van der Waals surface area contributed by atoms with E-state index in [1.54, 1.807) is 13.0 Å². The molecule has 0 aliphatic heterocycles. The summed E-state index contributed by atoms with van der Waals surface area (Å²) in [6.45, 7) is 2.26. The first-order valence-corrected chi connectivity index (χ1v) is 9.01. The van der Waals surface area contributed by atoms with Gasteiger partial charge in [0, 0.05) is 19.8 Å². The third-order valence-electron chi connectivity index (χ3n) is 3.38. The fraction of sp³-hybridized carbons (Fsp3) is 0.312. The van der Waals surface area contributed by atoms with E-state index < -0.39 is 15.9 Å². The van der Waals surface area contributed by atoms with Crippen LogP contribution < -0.4 is 15.8 Å². The van der Waals surface area contributed by atoms with E-state index in [9.17, 15) is 13.2 Å². The van der Waals surface area contributed by atoms with E-state index in [-0.39, 0.29) is 29.6 Å². The number of halogens is 1. The number of hydrogen-bond acceptors (Lipinski definition) is 6. The number of benzene rings is 1. The summed E-state index contributed by atoms with van der Waals surface area (Å²) in [6.07, 6.45) is 1.30. The zero-order chi connectivity index (χ0) is 18.6. The lowest BCUT2D eigenvalue weighted by molar-refractivity contribution is 0.102. The SMILES string of the molecule is CCOc1ccc(NC(=O)c2coc(CN)c2)cc1S(=O)(=O)N(C)C.Cl. The Labute approximate surface area is 158 Å². The molecule has 2 rings (SSSR count). The maximum absolute atomic E-state index is 12.5. The highest BCUT2D eigenvalue weighted by molar-refractivity contribution is 7.89. The number of rotatable bonds is 7. The molecular weight excluding hydrogens is 382 g/mol. The van der Waals surface area contributed by atoms with E-state index in [1.807, 2.05) is 0 Å². The molecule has 0 aliphatic carbocycles. The quantitative estimate of drug-likeness (QED) is 0.731. The van der Waals surface area contributed by atoms with Crippen LogP contribution in [-0.2, 0) is 16.6 Å². The minimum atomic E-state index is -3.73. The summed E-state index contributed by atoms with van der Waals surface area (Å²) in [5.41, 5.74) is 6.07. The highest BCUT2D eigenvalue weighted by Gasteiger charge is 2.23. The van der Waals surface area contributed by atoms with Gasteiger partial charge < -0.3 is 20.2 Å². The van der Waals surface area contributed by atoms with Crippen LogP contribution in [0.2, 0.25) is 0 Å². The molecule has 0 atom stereocenters. The molecule has 0 radical (unpaired) electrons. The Morgan fingerprint density at radius 1 is 1.31 bits per heavy atom. The van der Waals surface area contributed by atoms with Gasteiger partial charge in [0.05, 0.1) is 18.7 Å². The number of carbonyl (C=O) groups excluding carboxylic acids is 1. The van der Waals surface area contributed by atoms with Gasteiger partial charge in [-0.1, -0.05) is 0 Å². The predicted molar refractivity (Wildman–Crippen MR) is 100 cm³/mol. The standard InChI is InChI=1S/C16H21N3O5S.ClH/c1-4-23-14-6-5-12(8-15(14)25(21,22)19(2)3)18-16(20)11-7-13(9-17)24-10-11;/h5-8,10H,4,9,17H2,1-3H3,(H,18,20);1H. The van der Waals surface area contributed by atoms with Crippen molar-refractivity contribution >= 4 is 34.0 Å². The van der Waals surface area contributed by atoms with Crippen molar-refractivity contribution in [1.82, 2.24) is 4.31 Å². The zero-order valence-electron chi connectivity index (χ0n) is 14.7. The maximum Gasteiger partial charge on any atom is 0.258 e. The number of amides is 1. The van der Waals surface area contributed by atoms with E-state index in [0.29, 0.717) is 23.6 Å². The van der Waals surface area contributed by atoms with Crippen LogP contribution in [0.4, 0.5) is 5.69 Å². The lowest BCUT2D eigenvalue weighted by atomic mass is 10.2. The van der Waals surface area contributed by atoms with Crippen LogP contribution in [0.1, 0.15) is 23.0 Å². The minimum Gasteiger partial charge on any atom is -0.492 e. The van der Waals surface area contributed by atoms with Gasteiger partial charge in [0.15, 0.2) is 0 Å². The molecule has 0 unspecified atom stereocenters. The number of nitrogens with two attached hydrogens (primary N) is 1. The topological polar surface area (TPSA) is 115 Å². The predicted octanol–water partition coefficient (Wildman–Crippen LogP) is 2.06. The summed E-state index contributed by atoms with van der Waals surface area (Å²) in [7, 11) is -0.877. The molecule has 0 saturated carbocycles. The third-order valence-corrected chi connectivity index (χ3v) is 5.21. The fourth-order valence-corrected chi connectivity index (χ4v) is 3.12. The molecule has 144 valence electrons. The van der Waals surface area contributed by atoms with Crippen molar-refractivity contribution in [3.05, 3.63) is 41.9 Å². The molecule has 8 nitrogen and oxygen atoms in total. The first-order chi connectivity index (χ1) is 11.8. The normalized spacial score (nSPS) is 11.1. The van der Waals surface area contributed by atoms with E-state index in [1.165, 1.54) is 38.6 Å². The average Bonchev–Trinajstić information content (AvgIpc) is 3.05. The van der Waals surface area contributed by atoms with Crippen molar-refractivity contribution in [2.24, 2.45) is 5.73 Å². The zero-order valence-corrected chi connectivity index (χ0v) is 16.3. The Morgan fingerprint density at radius 2 is 2.00 bits per heavy atom. The molecule has 1 heterocycles. The van der Waals surface area contributed by atoms with Gasteiger partial charge in [-0.05, 0) is 31.2 Å². The van der Waals surface area contributed by atoms with Gasteiger partial charge in [0.2, 0.25) is 10.0 Å². The molecular formula is C16H22ClN3O5S. The number of sulfonamides is 1. The molecule has 1 aromatic heterocycles. The van der Waals surface area contributed by atoms with Crippen molar-refractivity contribution in [2.45, 2.75) is 18.4 Å². The second kappa shape index (κ2) is 9.04. The lowest BCUT2D eigenvalue weighted by Gasteiger charge is -2.16. The Bertz CT molecular complexity index is 865. The molecule has 0 aliphatic rings. The average molecular weight is 404 g/mol. The van der Waals surface area contributed by atoms with E-state index in [4.69, 9.17) is 14.9 Å². The Morgan fingerprint density at radius 3 is 2.54 bits per heavy atom. The van der Waals surface area contributed by atoms with Crippen molar-refractivity contribution in [2.75, 3.05) is 26.0 Å². The van der Waals surface area contributed by atoms with Crippen LogP contribution in [-0.4, -0.2) is 39.3 Å². The second-order valence-electron chi connectivity index (χ2n) is 5.34.